The van der Waals surface area contributed by atoms with E-state index in [2.05, 4.69) is 114 Å². The molecule has 4 heterocycles. The van der Waals surface area contributed by atoms with E-state index >= 15 is 0 Å². The molecule has 4 aromatic heterocycles. The first-order chi connectivity index (χ1) is 28.7. The lowest BCUT2D eigenvalue weighted by Crippen LogP contribution is -2.09. The van der Waals surface area contributed by atoms with Gasteiger partial charge < -0.3 is 18.2 Å². The Morgan fingerprint density at radius 3 is 1.38 bits per heavy atom. The van der Waals surface area contributed by atoms with Crippen molar-refractivity contribution in [2.75, 3.05) is 4.90 Å². The smallest absolute Gasteiger partial charge is 0.164 e. The molecule has 0 atom stereocenters. The summed E-state index contributed by atoms with van der Waals surface area (Å²) in [6, 6.07) is 61.6. The van der Waals surface area contributed by atoms with Crippen molar-refractivity contribution in [3.8, 4) is 34.2 Å². The van der Waals surface area contributed by atoms with Crippen LogP contribution in [0, 0.1) is 0 Å². The van der Waals surface area contributed by atoms with Crippen molar-refractivity contribution in [2.24, 2.45) is 0 Å². The molecule has 0 bridgehead atoms. The van der Waals surface area contributed by atoms with E-state index in [-0.39, 0.29) is 0 Å². The minimum absolute atomic E-state index is 0.528. The number of anilines is 3. The fraction of sp³-hybridized carbons (Fsp3) is 0. The maximum atomic E-state index is 6.64. The van der Waals surface area contributed by atoms with E-state index in [4.69, 9.17) is 28.2 Å². The molecule has 0 aliphatic carbocycles. The molecule has 0 radical (unpaired) electrons. The maximum Gasteiger partial charge on any atom is 0.164 e. The first kappa shape index (κ1) is 32.2. The molecule has 0 spiro atoms. The van der Waals surface area contributed by atoms with Gasteiger partial charge in [-0.3, -0.25) is 0 Å². The lowest BCUT2D eigenvalue weighted by Gasteiger charge is -2.25. The molecule has 12 aromatic rings. The highest BCUT2D eigenvalue weighted by Gasteiger charge is 2.21. The van der Waals surface area contributed by atoms with Gasteiger partial charge in [-0.15, -0.1) is 0 Å². The van der Waals surface area contributed by atoms with Gasteiger partial charge in [0.1, 0.15) is 33.5 Å². The standard InChI is InChI=1S/C51H30N4O3/c1-3-12-33(13-4-1)55(34-14-5-2-6-15-34)35-24-27-40-47(30-35)58-44-21-11-18-41(48(40)44)51-53-49(31-22-25-38-36-16-7-9-19-42(36)56-45(38)28-31)52-50(54-51)32-23-26-39-37-17-8-10-20-43(37)57-46(39)29-32/h1-30H. The van der Waals surface area contributed by atoms with Crippen LogP contribution in [0.2, 0.25) is 0 Å². The number of para-hydroxylation sites is 4. The summed E-state index contributed by atoms with van der Waals surface area (Å²) in [4.78, 5) is 17.7. The molecule has 7 heteroatoms. The van der Waals surface area contributed by atoms with Gasteiger partial charge in [-0.25, -0.2) is 15.0 Å². The number of benzene rings is 8. The summed E-state index contributed by atoms with van der Waals surface area (Å²) in [6.07, 6.45) is 0. The van der Waals surface area contributed by atoms with Crippen molar-refractivity contribution in [1.82, 2.24) is 15.0 Å². The maximum absolute atomic E-state index is 6.64. The molecule has 7 nitrogen and oxygen atoms in total. The van der Waals surface area contributed by atoms with E-state index in [0.717, 1.165) is 99.6 Å². The minimum atomic E-state index is 0.528. The van der Waals surface area contributed by atoms with Crippen molar-refractivity contribution >= 4 is 82.9 Å². The zero-order valence-electron chi connectivity index (χ0n) is 30.8. The first-order valence-electron chi connectivity index (χ1n) is 19.2. The van der Waals surface area contributed by atoms with E-state index in [1.165, 1.54) is 0 Å². The monoisotopic (exact) mass is 746 g/mol. The third kappa shape index (κ3) is 5.18. The summed E-state index contributed by atoms with van der Waals surface area (Å²) in [5.74, 6) is 1.59. The SMILES string of the molecule is c1ccc(N(c2ccccc2)c2ccc3c(c2)oc2cccc(-c4nc(-c5ccc6c(c5)oc5ccccc56)nc(-c5ccc6c(c5)oc5ccccc56)n4)c23)cc1. The van der Waals surface area contributed by atoms with Crippen molar-refractivity contribution in [2.45, 2.75) is 0 Å². The normalized spacial score (nSPS) is 11.8. The summed E-state index contributed by atoms with van der Waals surface area (Å²) < 4.78 is 19.2. The van der Waals surface area contributed by atoms with E-state index < -0.39 is 0 Å². The van der Waals surface area contributed by atoms with Gasteiger partial charge in [0.2, 0.25) is 0 Å². The predicted octanol–water partition coefficient (Wildman–Crippen LogP) is 14.0. The third-order valence-corrected chi connectivity index (χ3v) is 10.9. The lowest BCUT2D eigenvalue weighted by molar-refractivity contribution is 0.668. The van der Waals surface area contributed by atoms with E-state index in [0.29, 0.717) is 17.5 Å². The van der Waals surface area contributed by atoms with E-state index in [1.54, 1.807) is 0 Å². The van der Waals surface area contributed by atoms with Crippen LogP contribution in [-0.2, 0) is 0 Å². The van der Waals surface area contributed by atoms with Gasteiger partial charge in [-0.2, -0.15) is 0 Å². The second-order valence-corrected chi connectivity index (χ2v) is 14.4. The van der Waals surface area contributed by atoms with Crippen LogP contribution >= 0.6 is 0 Å². The quantitative estimate of drug-likeness (QED) is 0.168. The molecule has 272 valence electrons. The second kappa shape index (κ2) is 12.8. The molecule has 0 saturated heterocycles. The van der Waals surface area contributed by atoms with Crippen LogP contribution in [0.3, 0.4) is 0 Å². The van der Waals surface area contributed by atoms with Crippen molar-refractivity contribution in [1.29, 1.82) is 0 Å². The average Bonchev–Trinajstić information content (AvgIpc) is 3.97. The molecule has 8 aromatic carbocycles. The van der Waals surface area contributed by atoms with Crippen LogP contribution in [-0.4, -0.2) is 15.0 Å². The van der Waals surface area contributed by atoms with Gasteiger partial charge in [0.25, 0.3) is 0 Å². The molecule has 58 heavy (non-hydrogen) atoms. The zero-order chi connectivity index (χ0) is 38.2. The molecule has 0 N–H and O–H groups in total. The Bertz CT molecular complexity index is 3360. The summed E-state index contributed by atoms with van der Waals surface area (Å²) in [5.41, 5.74) is 10.3. The zero-order valence-corrected chi connectivity index (χ0v) is 30.8. The Morgan fingerprint density at radius 1 is 0.310 bits per heavy atom. The summed E-state index contributed by atoms with van der Waals surface area (Å²) in [5, 5.41) is 6.10. The van der Waals surface area contributed by atoms with Crippen LogP contribution in [0.25, 0.3) is 100.0 Å². The largest absolute Gasteiger partial charge is 0.456 e. The number of nitrogens with zero attached hydrogens (tertiary/aromatic N) is 4. The minimum Gasteiger partial charge on any atom is -0.456 e. The lowest BCUT2D eigenvalue weighted by atomic mass is 10.0. The highest BCUT2D eigenvalue weighted by molar-refractivity contribution is 6.13. The van der Waals surface area contributed by atoms with Gasteiger partial charge in [0, 0.05) is 72.1 Å². The molecule has 0 amide bonds. The van der Waals surface area contributed by atoms with Crippen LogP contribution in [0.15, 0.2) is 195 Å². The Morgan fingerprint density at radius 2 is 0.776 bits per heavy atom. The van der Waals surface area contributed by atoms with E-state index in [1.807, 2.05) is 72.8 Å². The van der Waals surface area contributed by atoms with Crippen LogP contribution < -0.4 is 4.90 Å². The van der Waals surface area contributed by atoms with Gasteiger partial charge in [-0.05, 0) is 78.9 Å². The number of furan rings is 3. The van der Waals surface area contributed by atoms with Crippen LogP contribution in [0.4, 0.5) is 17.1 Å². The van der Waals surface area contributed by atoms with Crippen molar-refractivity contribution < 1.29 is 13.3 Å². The summed E-state index contributed by atoms with van der Waals surface area (Å²) in [7, 11) is 0. The third-order valence-electron chi connectivity index (χ3n) is 10.9. The van der Waals surface area contributed by atoms with Gasteiger partial charge in [0.05, 0.1) is 0 Å². The molecule has 0 aliphatic heterocycles. The number of hydrogen-bond donors (Lipinski definition) is 0. The topological polar surface area (TPSA) is 81.3 Å². The molecular weight excluding hydrogens is 717 g/mol. The van der Waals surface area contributed by atoms with E-state index in [9.17, 15) is 0 Å². The number of fused-ring (bicyclic) bond motifs is 9. The highest BCUT2D eigenvalue weighted by Crippen LogP contribution is 2.42. The molecule has 0 fully saturated rings. The Hall–Kier alpha value is -8.03. The van der Waals surface area contributed by atoms with Crippen molar-refractivity contribution in [3.05, 3.63) is 182 Å². The fourth-order valence-electron chi connectivity index (χ4n) is 8.23. The molecule has 0 aliphatic rings. The van der Waals surface area contributed by atoms with Gasteiger partial charge >= 0.3 is 0 Å². The highest BCUT2D eigenvalue weighted by atomic mass is 16.3. The molecule has 12 rings (SSSR count). The predicted molar refractivity (Wildman–Crippen MR) is 233 cm³/mol. The second-order valence-electron chi connectivity index (χ2n) is 14.4. The summed E-state index contributed by atoms with van der Waals surface area (Å²) in [6.45, 7) is 0. The molecule has 0 saturated carbocycles. The summed E-state index contributed by atoms with van der Waals surface area (Å²) >= 11 is 0. The molecular formula is C51H30N4O3. The molecule has 0 unspecified atom stereocenters. The first-order valence-corrected chi connectivity index (χ1v) is 19.2. The number of aromatic nitrogens is 3. The van der Waals surface area contributed by atoms with Crippen molar-refractivity contribution in [3.63, 3.8) is 0 Å². The number of rotatable bonds is 6. The Labute approximate surface area is 331 Å². The Balaban J connectivity index is 1.05. The van der Waals surface area contributed by atoms with Crippen LogP contribution in [0.1, 0.15) is 0 Å². The fourth-order valence-corrected chi connectivity index (χ4v) is 8.23. The van der Waals surface area contributed by atoms with Gasteiger partial charge in [0.15, 0.2) is 17.5 Å². The van der Waals surface area contributed by atoms with Crippen LogP contribution in [0.5, 0.6) is 0 Å². The average molecular weight is 747 g/mol. The number of hydrogen-bond acceptors (Lipinski definition) is 7. The Kier molecular flexibility index (Phi) is 7.09. The van der Waals surface area contributed by atoms with Gasteiger partial charge in [-0.1, -0.05) is 97.1 Å².